The summed E-state index contributed by atoms with van der Waals surface area (Å²) < 4.78 is 52.0. The number of rotatable bonds is 7. The maximum atomic E-state index is 14.1. The van der Waals surface area contributed by atoms with Crippen molar-refractivity contribution in [1.82, 2.24) is 10.2 Å². The number of nitrogens with one attached hydrogen (secondary N) is 1. The second-order valence-corrected chi connectivity index (χ2v) is 7.62. The molecule has 0 aliphatic carbocycles. The third kappa shape index (κ3) is 10.4. The van der Waals surface area contributed by atoms with Crippen molar-refractivity contribution in [3.05, 3.63) is 47.3 Å². The van der Waals surface area contributed by atoms with Crippen LogP contribution in [0.25, 0.3) is 0 Å². The van der Waals surface area contributed by atoms with Gasteiger partial charge in [-0.2, -0.15) is 13.2 Å². The molecule has 0 amide bonds. The van der Waals surface area contributed by atoms with E-state index in [1.807, 2.05) is 0 Å². The van der Waals surface area contributed by atoms with Gasteiger partial charge in [0.25, 0.3) is 0 Å². The van der Waals surface area contributed by atoms with Crippen LogP contribution in [0.5, 0.6) is 0 Å². The molecule has 1 aliphatic rings. The highest BCUT2D eigenvalue weighted by molar-refractivity contribution is 5.89. The number of hydrogen-bond donors (Lipinski definition) is 3. The van der Waals surface area contributed by atoms with Crippen molar-refractivity contribution in [2.24, 2.45) is 5.92 Å². The summed E-state index contributed by atoms with van der Waals surface area (Å²) in [6, 6.07) is 3.19. The molecule has 10 heteroatoms. The molecular formula is C21H28F4N2O4. The van der Waals surface area contributed by atoms with Crippen LogP contribution in [-0.2, 0) is 22.3 Å². The van der Waals surface area contributed by atoms with Crippen LogP contribution in [0.1, 0.15) is 37.8 Å². The van der Waals surface area contributed by atoms with Gasteiger partial charge in [-0.15, -0.1) is 0 Å². The van der Waals surface area contributed by atoms with Gasteiger partial charge >= 0.3 is 18.1 Å². The maximum Gasteiger partial charge on any atom is 0.416 e. The van der Waals surface area contributed by atoms with Gasteiger partial charge in [-0.05, 0) is 44.0 Å². The zero-order chi connectivity index (χ0) is 23.6. The molecular weight excluding hydrogens is 420 g/mol. The molecule has 0 saturated carbocycles. The first kappa shape index (κ1) is 26.6. The summed E-state index contributed by atoms with van der Waals surface area (Å²) >= 11 is 0. The molecule has 1 heterocycles. The zero-order valence-corrected chi connectivity index (χ0v) is 17.5. The average molecular weight is 448 g/mol. The normalized spacial score (nSPS) is 15.2. The molecule has 0 spiro atoms. The van der Waals surface area contributed by atoms with E-state index in [0.29, 0.717) is 42.3 Å². The van der Waals surface area contributed by atoms with E-state index in [1.54, 1.807) is 0 Å². The van der Waals surface area contributed by atoms with E-state index in [9.17, 15) is 27.2 Å². The van der Waals surface area contributed by atoms with Gasteiger partial charge in [-0.3, -0.25) is 4.90 Å². The molecule has 31 heavy (non-hydrogen) atoms. The second-order valence-electron chi connectivity index (χ2n) is 7.62. The second kappa shape index (κ2) is 12.4. The number of hydrogen-bond acceptors (Lipinski definition) is 4. The molecule has 2 rings (SSSR count). The molecule has 1 aromatic carbocycles. The van der Waals surface area contributed by atoms with Crippen molar-refractivity contribution in [2.45, 2.75) is 45.5 Å². The third-order valence-corrected chi connectivity index (χ3v) is 4.55. The number of aliphatic carboxylic acids is 2. The van der Waals surface area contributed by atoms with Gasteiger partial charge in [-0.25, -0.2) is 14.0 Å². The Balaban J connectivity index is 0.000000512. The first-order valence-corrected chi connectivity index (χ1v) is 9.84. The van der Waals surface area contributed by atoms with Gasteiger partial charge in [0.2, 0.25) is 0 Å². The number of nitrogens with zero attached hydrogens (tertiary/aromatic N) is 1. The van der Waals surface area contributed by atoms with Crippen LogP contribution in [0, 0.1) is 11.7 Å². The Bertz CT molecular complexity index is 744. The van der Waals surface area contributed by atoms with Gasteiger partial charge in [0.05, 0.1) is 5.56 Å². The molecule has 1 aliphatic heterocycles. The quantitative estimate of drug-likeness (QED) is 0.435. The highest BCUT2D eigenvalue weighted by Crippen LogP contribution is 2.30. The molecule has 0 atom stereocenters. The lowest BCUT2D eigenvalue weighted by Gasteiger charge is -2.36. The summed E-state index contributed by atoms with van der Waals surface area (Å²) in [7, 11) is 0. The Morgan fingerprint density at radius 2 is 1.71 bits per heavy atom. The molecule has 0 radical (unpaired) electrons. The molecule has 1 fully saturated rings. The van der Waals surface area contributed by atoms with E-state index in [-0.39, 0.29) is 0 Å². The Morgan fingerprint density at radius 1 is 1.16 bits per heavy atom. The summed E-state index contributed by atoms with van der Waals surface area (Å²) in [5.74, 6) is -2.87. The van der Waals surface area contributed by atoms with Gasteiger partial charge in [0.15, 0.2) is 0 Å². The number of benzene rings is 1. The van der Waals surface area contributed by atoms with E-state index in [1.165, 1.54) is 6.07 Å². The molecule has 6 nitrogen and oxygen atoms in total. The highest BCUT2D eigenvalue weighted by Gasteiger charge is 2.31. The fourth-order valence-corrected chi connectivity index (χ4v) is 3.20. The lowest BCUT2D eigenvalue weighted by molar-refractivity contribution is -0.138. The molecule has 0 bridgehead atoms. The molecule has 174 valence electrons. The smallest absolute Gasteiger partial charge is 0.416 e. The van der Waals surface area contributed by atoms with Gasteiger partial charge < -0.3 is 15.5 Å². The van der Waals surface area contributed by atoms with E-state index in [4.69, 9.17) is 10.2 Å². The minimum absolute atomic E-state index is 0.331. The average Bonchev–Trinajstić information content (AvgIpc) is 2.67. The van der Waals surface area contributed by atoms with Crippen LogP contribution in [0.15, 0.2) is 30.4 Å². The lowest BCUT2D eigenvalue weighted by Crippen LogP contribution is -2.44. The largest absolute Gasteiger partial charge is 0.478 e. The minimum Gasteiger partial charge on any atom is -0.478 e. The van der Waals surface area contributed by atoms with Crippen molar-refractivity contribution in [1.29, 1.82) is 0 Å². The first-order valence-electron chi connectivity index (χ1n) is 9.84. The number of alkyl halides is 3. The van der Waals surface area contributed by atoms with Crippen molar-refractivity contribution < 1.29 is 37.4 Å². The van der Waals surface area contributed by atoms with Gasteiger partial charge in [0, 0.05) is 36.8 Å². The SMILES string of the molecule is CC(C)CN(Cc1ccc(C(F)(F)F)cc1F)C1CCNCC1.O=C(O)/C=C/C(=O)O. The predicted octanol–water partition coefficient (Wildman–Crippen LogP) is 3.77. The topological polar surface area (TPSA) is 89.9 Å². The summed E-state index contributed by atoms with van der Waals surface area (Å²) in [6.45, 7) is 7.20. The maximum absolute atomic E-state index is 14.1. The van der Waals surface area contributed by atoms with Crippen LogP contribution in [0.3, 0.4) is 0 Å². The van der Waals surface area contributed by atoms with Crippen LogP contribution in [-0.4, -0.2) is 52.7 Å². The number of carbonyl (C=O) groups is 2. The van der Waals surface area contributed by atoms with E-state index in [0.717, 1.165) is 38.5 Å². The molecule has 0 unspecified atom stereocenters. The van der Waals surface area contributed by atoms with Crippen LogP contribution in [0.4, 0.5) is 17.6 Å². The van der Waals surface area contributed by atoms with Crippen molar-refractivity contribution in [2.75, 3.05) is 19.6 Å². The van der Waals surface area contributed by atoms with Crippen LogP contribution >= 0.6 is 0 Å². The van der Waals surface area contributed by atoms with Crippen molar-refractivity contribution in [3.63, 3.8) is 0 Å². The Labute approximate surface area is 178 Å². The molecule has 1 saturated heterocycles. The first-order chi connectivity index (χ1) is 14.4. The summed E-state index contributed by atoms with van der Waals surface area (Å²) in [6.07, 6.45) is -1.43. The fourth-order valence-electron chi connectivity index (χ4n) is 3.20. The highest BCUT2D eigenvalue weighted by atomic mass is 19.4. The van der Waals surface area contributed by atoms with Gasteiger partial charge in [0.1, 0.15) is 5.82 Å². The lowest BCUT2D eigenvalue weighted by atomic mass is 10.0. The summed E-state index contributed by atoms with van der Waals surface area (Å²) in [5.41, 5.74) is -0.604. The van der Waals surface area contributed by atoms with Crippen LogP contribution < -0.4 is 5.32 Å². The van der Waals surface area contributed by atoms with E-state index in [2.05, 4.69) is 24.1 Å². The van der Waals surface area contributed by atoms with Crippen molar-refractivity contribution in [3.8, 4) is 0 Å². The Hall–Kier alpha value is -2.46. The third-order valence-electron chi connectivity index (χ3n) is 4.55. The summed E-state index contributed by atoms with van der Waals surface area (Å²) in [5, 5.41) is 18.9. The number of carboxylic acid groups (broad SMARTS) is 2. The minimum atomic E-state index is -4.51. The predicted molar refractivity (Wildman–Crippen MR) is 107 cm³/mol. The van der Waals surface area contributed by atoms with Gasteiger partial charge in [-0.1, -0.05) is 19.9 Å². The number of halogens is 4. The monoisotopic (exact) mass is 448 g/mol. The molecule has 0 aromatic heterocycles. The number of carboxylic acids is 2. The van der Waals surface area contributed by atoms with Crippen LogP contribution in [0.2, 0.25) is 0 Å². The number of piperidine rings is 1. The fraction of sp³-hybridized carbons (Fsp3) is 0.524. The summed E-state index contributed by atoms with van der Waals surface area (Å²) in [4.78, 5) is 21.3. The Morgan fingerprint density at radius 3 is 2.13 bits per heavy atom. The Kier molecular flexibility index (Phi) is 10.6. The standard InChI is InChI=1S/C17H24F4N2.C4H4O4/c1-12(2)10-23(15-5-7-22-8-6-15)11-13-3-4-14(9-16(13)18)17(19,20)21;5-3(6)1-2-4(7)8/h3-4,9,12,15,22H,5-8,10-11H2,1-2H3;1-2H,(H,5,6)(H,7,8)/b;2-1+. The zero-order valence-electron chi connectivity index (χ0n) is 17.5. The van der Waals surface area contributed by atoms with E-state index < -0.39 is 29.5 Å². The van der Waals surface area contributed by atoms with E-state index >= 15 is 0 Å². The van der Waals surface area contributed by atoms with Crippen molar-refractivity contribution >= 4 is 11.9 Å². The molecule has 1 aromatic rings. The molecule has 3 N–H and O–H groups in total.